The van der Waals surface area contributed by atoms with E-state index in [1.54, 1.807) is 0 Å². The van der Waals surface area contributed by atoms with Gasteiger partial charge in [0.15, 0.2) is 6.29 Å². The fourth-order valence-electron chi connectivity index (χ4n) is 0.986. The summed E-state index contributed by atoms with van der Waals surface area (Å²) >= 11 is 0. The molecule has 0 saturated carbocycles. The van der Waals surface area contributed by atoms with Crippen molar-refractivity contribution in [1.82, 2.24) is 0 Å². The minimum atomic E-state index is -0.428. The van der Waals surface area contributed by atoms with E-state index >= 15 is 0 Å². The molecule has 0 spiro atoms. The first-order valence-electron chi connectivity index (χ1n) is 3.88. The Morgan fingerprint density at radius 3 is 2.93 bits per heavy atom. The summed E-state index contributed by atoms with van der Waals surface area (Å²) in [5, 5.41) is 8.40. The van der Waals surface area contributed by atoms with Gasteiger partial charge in [0.2, 0.25) is 0 Å². The molecular weight excluding hydrogens is 181 g/mol. The van der Waals surface area contributed by atoms with Crippen LogP contribution in [0.3, 0.4) is 0 Å². The first kappa shape index (κ1) is 9.95. The van der Waals surface area contributed by atoms with E-state index in [9.17, 15) is 9.18 Å². The van der Waals surface area contributed by atoms with Crippen LogP contribution < -0.4 is 0 Å². The minimum absolute atomic E-state index is 0.00242. The van der Waals surface area contributed by atoms with Gasteiger partial charge in [-0.25, -0.2) is 4.39 Å². The third-order valence-electron chi connectivity index (χ3n) is 1.59. The first-order chi connectivity index (χ1) is 6.77. The monoisotopic (exact) mass is 187 g/mol. The molecule has 0 aliphatic carbocycles. The van der Waals surface area contributed by atoms with Gasteiger partial charge in [-0.1, -0.05) is 5.92 Å². The van der Waals surface area contributed by atoms with E-state index < -0.39 is 5.82 Å². The van der Waals surface area contributed by atoms with Crippen molar-refractivity contribution < 1.29 is 9.18 Å². The molecule has 14 heavy (non-hydrogen) atoms. The molecule has 0 aliphatic rings. The smallest absolute Gasteiger partial charge is 0.193 e. The molecule has 0 aromatic heterocycles. The van der Waals surface area contributed by atoms with E-state index in [0.717, 1.165) is 0 Å². The number of halogens is 1. The number of hydrogen-bond donors (Lipinski definition) is 0. The van der Waals surface area contributed by atoms with Crippen LogP contribution in [0, 0.1) is 29.0 Å². The average molecular weight is 187 g/mol. The molecule has 0 amide bonds. The lowest BCUT2D eigenvalue weighted by molar-refractivity contribution is -0.103. The number of nitrogens with zero attached hydrogens (tertiary/aromatic N) is 1. The fraction of sp³-hybridized carbons (Fsp3) is 0.0909. The lowest BCUT2D eigenvalue weighted by atomic mass is 10.1. The summed E-state index contributed by atoms with van der Waals surface area (Å²) in [6.07, 6.45) is 0.468. The number of rotatable bonds is 1. The molecule has 0 fully saturated rings. The van der Waals surface area contributed by atoms with E-state index in [0.29, 0.717) is 17.4 Å². The number of carbonyl (C=O) groups excluding carboxylic acids is 1. The number of carbonyl (C=O) groups is 1. The van der Waals surface area contributed by atoms with Crippen LogP contribution in [0.2, 0.25) is 0 Å². The summed E-state index contributed by atoms with van der Waals surface area (Å²) in [6.45, 7) is 0. The van der Waals surface area contributed by atoms with Gasteiger partial charge in [0, 0.05) is 11.1 Å². The Bertz CT molecular complexity index is 449. The third kappa shape index (κ3) is 2.43. The normalized spacial score (nSPS) is 8.29. The van der Waals surface area contributed by atoms with Crippen LogP contribution in [0.4, 0.5) is 4.39 Å². The summed E-state index contributed by atoms with van der Waals surface area (Å²) in [4.78, 5) is 9.96. The molecule has 0 N–H and O–H groups in total. The summed E-state index contributed by atoms with van der Waals surface area (Å²) < 4.78 is 13.0. The zero-order valence-corrected chi connectivity index (χ0v) is 7.25. The van der Waals surface area contributed by atoms with Gasteiger partial charge in [0.25, 0.3) is 0 Å². The van der Waals surface area contributed by atoms with Crippen LogP contribution in [0.25, 0.3) is 0 Å². The van der Waals surface area contributed by atoms with E-state index in [1.165, 1.54) is 18.2 Å². The first-order valence-corrected chi connectivity index (χ1v) is 3.88. The molecule has 68 valence electrons. The minimum Gasteiger partial charge on any atom is -0.289 e. The summed E-state index contributed by atoms with van der Waals surface area (Å²) in [7, 11) is 0. The van der Waals surface area contributed by atoms with Crippen molar-refractivity contribution in [3.05, 3.63) is 35.1 Å². The van der Waals surface area contributed by atoms with Gasteiger partial charge in [-0.2, -0.15) is 5.26 Å². The third-order valence-corrected chi connectivity index (χ3v) is 1.59. The second-order valence-corrected chi connectivity index (χ2v) is 2.53. The van der Waals surface area contributed by atoms with Crippen LogP contribution in [0.5, 0.6) is 0 Å². The number of benzene rings is 1. The highest BCUT2D eigenvalue weighted by Gasteiger charge is 2.01. The molecule has 1 aromatic rings. The lowest BCUT2D eigenvalue weighted by Gasteiger charge is -1.97. The Kier molecular flexibility index (Phi) is 3.41. The highest BCUT2D eigenvalue weighted by molar-refractivity contribution is 5.73. The maximum Gasteiger partial charge on any atom is 0.193 e. The molecular formula is C11H6FNO. The summed E-state index contributed by atoms with van der Waals surface area (Å²) in [5.41, 5.74) is 0.828. The fourth-order valence-corrected chi connectivity index (χ4v) is 0.986. The quantitative estimate of drug-likeness (QED) is 0.493. The molecule has 0 saturated heterocycles. The van der Waals surface area contributed by atoms with Gasteiger partial charge < -0.3 is 0 Å². The van der Waals surface area contributed by atoms with Crippen molar-refractivity contribution in [2.24, 2.45) is 0 Å². The van der Waals surface area contributed by atoms with Gasteiger partial charge in [-0.15, -0.1) is 0 Å². The van der Waals surface area contributed by atoms with E-state index in [1.807, 2.05) is 6.07 Å². The average Bonchev–Trinajstić information content (AvgIpc) is 2.19. The molecule has 0 atom stereocenters. The van der Waals surface area contributed by atoms with Crippen LogP contribution in [-0.2, 0) is 11.2 Å². The van der Waals surface area contributed by atoms with Crippen LogP contribution in [-0.4, -0.2) is 6.29 Å². The Morgan fingerprint density at radius 2 is 2.29 bits per heavy atom. The Labute approximate surface area is 81.0 Å². The van der Waals surface area contributed by atoms with Crippen LogP contribution in [0.15, 0.2) is 18.2 Å². The summed E-state index contributed by atoms with van der Waals surface area (Å²) in [5.74, 6) is 4.32. The molecule has 0 aliphatic heterocycles. The maximum absolute atomic E-state index is 13.0. The van der Waals surface area contributed by atoms with Crippen molar-refractivity contribution in [1.29, 1.82) is 5.26 Å². The Hall–Kier alpha value is -2.13. The van der Waals surface area contributed by atoms with Crippen LogP contribution in [0.1, 0.15) is 11.1 Å². The number of hydrogen-bond acceptors (Lipinski definition) is 2. The van der Waals surface area contributed by atoms with Crippen molar-refractivity contribution in [3.63, 3.8) is 0 Å². The molecule has 0 unspecified atom stereocenters. The highest BCUT2D eigenvalue weighted by Crippen LogP contribution is 2.10. The van der Waals surface area contributed by atoms with E-state index in [4.69, 9.17) is 5.26 Å². The highest BCUT2D eigenvalue weighted by atomic mass is 19.1. The standard InChI is InChI=1S/C11H6FNO/c12-11-4-3-9(2-1-7-14)8-10(11)5-6-13/h3-4,7-8H,5H2. The number of nitriles is 1. The van der Waals surface area contributed by atoms with Gasteiger partial charge in [0.1, 0.15) is 5.82 Å². The SMILES string of the molecule is N#CCc1cc(C#CC=O)ccc1F. The van der Waals surface area contributed by atoms with Gasteiger partial charge >= 0.3 is 0 Å². The van der Waals surface area contributed by atoms with Crippen LogP contribution >= 0.6 is 0 Å². The number of aldehydes is 1. The zero-order chi connectivity index (χ0) is 10.4. The largest absolute Gasteiger partial charge is 0.289 e. The Balaban J connectivity index is 3.07. The molecule has 0 radical (unpaired) electrons. The maximum atomic E-state index is 13.0. The second-order valence-electron chi connectivity index (χ2n) is 2.53. The summed E-state index contributed by atoms with van der Waals surface area (Å²) in [6, 6.07) is 6.02. The predicted molar refractivity (Wildman–Crippen MR) is 48.7 cm³/mol. The molecule has 0 bridgehead atoms. The van der Waals surface area contributed by atoms with Crippen molar-refractivity contribution in [2.75, 3.05) is 0 Å². The Morgan fingerprint density at radius 1 is 1.50 bits per heavy atom. The lowest BCUT2D eigenvalue weighted by Crippen LogP contribution is -1.89. The van der Waals surface area contributed by atoms with Gasteiger partial charge in [-0.05, 0) is 24.1 Å². The van der Waals surface area contributed by atoms with Crippen molar-refractivity contribution in [2.45, 2.75) is 6.42 Å². The topological polar surface area (TPSA) is 40.9 Å². The molecule has 3 heteroatoms. The van der Waals surface area contributed by atoms with Gasteiger partial charge in [-0.3, -0.25) is 4.79 Å². The molecule has 2 nitrogen and oxygen atoms in total. The second kappa shape index (κ2) is 4.79. The molecule has 0 heterocycles. The zero-order valence-electron chi connectivity index (χ0n) is 7.25. The predicted octanol–water partition coefficient (Wildman–Crippen LogP) is 1.44. The molecule has 1 rings (SSSR count). The van der Waals surface area contributed by atoms with Gasteiger partial charge in [0.05, 0.1) is 12.5 Å². The molecule has 1 aromatic carbocycles. The van der Waals surface area contributed by atoms with E-state index in [-0.39, 0.29) is 6.42 Å². The van der Waals surface area contributed by atoms with Crippen molar-refractivity contribution in [3.8, 4) is 17.9 Å². The van der Waals surface area contributed by atoms with E-state index in [2.05, 4.69) is 11.8 Å². The van der Waals surface area contributed by atoms with Crippen molar-refractivity contribution >= 4 is 6.29 Å².